The first-order valence-corrected chi connectivity index (χ1v) is 7.54. The van der Waals surface area contributed by atoms with Crippen molar-refractivity contribution in [3.63, 3.8) is 0 Å². The molecule has 1 atom stereocenters. The van der Waals surface area contributed by atoms with Crippen molar-refractivity contribution >= 4 is 51.3 Å². The van der Waals surface area contributed by atoms with E-state index in [-0.39, 0.29) is 5.91 Å². The summed E-state index contributed by atoms with van der Waals surface area (Å²) in [6, 6.07) is 4.63. The molecule has 2 N–H and O–H groups in total. The summed E-state index contributed by atoms with van der Waals surface area (Å²) in [5.74, 6) is -0.176. The summed E-state index contributed by atoms with van der Waals surface area (Å²) in [4.78, 5) is 16.2. The number of aromatic nitrogens is 1. The van der Waals surface area contributed by atoms with Gasteiger partial charge in [0.1, 0.15) is 6.04 Å². The van der Waals surface area contributed by atoms with E-state index in [1.54, 1.807) is 25.1 Å². The Bertz CT molecular complexity index is 630. The molecular weight excluding hydrogens is 317 g/mol. The highest BCUT2D eigenvalue weighted by Crippen LogP contribution is 2.26. The average Bonchev–Trinajstić information content (AvgIpc) is 2.78. The summed E-state index contributed by atoms with van der Waals surface area (Å²) in [7, 11) is 0. The van der Waals surface area contributed by atoms with Gasteiger partial charge in [0.15, 0.2) is 5.13 Å². The quantitative estimate of drug-likeness (QED) is 0.883. The molecule has 0 aliphatic heterocycles. The van der Waals surface area contributed by atoms with Gasteiger partial charge >= 0.3 is 0 Å². The predicted octanol–water partition coefficient (Wildman–Crippen LogP) is 4.20. The smallest absolute Gasteiger partial charge is 0.248 e. The Morgan fingerprint density at radius 3 is 2.75 bits per heavy atom. The minimum atomic E-state index is -0.446. The third kappa shape index (κ3) is 3.85. The van der Waals surface area contributed by atoms with E-state index in [2.05, 4.69) is 15.6 Å². The number of carbonyl (C=O) groups excluding carboxylic acids is 1. The zero-order valence-corrected chi connectivity index (χ0v) is 13.2. The highest BCUT2D eigenvalue weighted by Gasteiger charge is 2.15. The number of amides is 1. The van der Waals surface area contributed by atoms with Crippen molar-refractivity contribution in [3.8, 4) is 0 Å². The van der Waals surface area contributed by atoms with Crippen LogP contribution >= 0.6 is 34.5 Å². The third-order valence-corrected chi connectivity index (χ3v) is 3.97. The lowest BCUT2D eigenvalue weighted by Gasteiger charge is -2.15. The lowest BCUT2D eigenvalue weighted by atomic mass is 10.2. The Kier molecular flexibility index (Phi) is 4.86. The fourth-order valence-corrected chi connectivity index (χ4v) is 2.68. The zero-order chi connectivity index (χ0) is 14.7. The van der Waals surface area contributed by atoms with E-state index in [1.807, 2.05) is 12.3 Å². The average molecular weight is 330 g/mol. The molecule has 4 nitrogen and oxygen atoms in total. The van der Waals surface area contributed by atoms with E-state index in [1.165, 1.54) is 11.3 Å². The Labute approximate surface area is 131 Å². The van der Waals surface area contributed by atoms with Crippen molar-refractivity contribution < 1.29 is 4.79 Å². The van der Waals surface area contributed by atoms with Crippen molar-refractivity contribution in [2.24, 2.45) is 0 Å². The molecular formula is C13H13Cl2N3OS. The second-order valence-corrected chi connectivity index (χ2v) is 5.98. The first-order valence-electron chi connectivity index (χ1n) is 5.90. The minimum absolute atomic E-state index is 0.176. The van der Waals surface area contributed by atoms with E-state index in [0.717, 1.165) is 5.69 Å². The van der Waals surface area contributed by atoms with Crippen LogP contribution in [0.15, 0.2) is 23.6 Å². The summed E-state index contributed by atoms with van der Waals surface area (Å²) in [6.07, 6.45) is 0. The van der Waals surface area contributed by atoms with Crippen LogP contribution < -0.4 is 10.6 Å². The first-order chi connectivity index (χ1) is 9.45. The summed E-state index contributed by atoms with van der Waals surface area (Å²) in [6.45, 7) is 3.63. The second-order valence-electron chi connectivity index (χ2n) is 4.27. The largest absolute Gasteiger partial charge is 0.373 e. The van der Waals surface area contributed by atoms with E-state index in [4.69, 9.17) is 23.2 Å². The van der Waals surface area contributed by atoms with Gasteiger partial charge in [0.2, 0.25) is 5.91 Å². The van der Waals surface area contributed by atoms with Gasteiger partial charge in [0.25, 0.3) is 0 Å². The second kappa shape index (κ2) is 6.43. The summed E-state index contributed by atoms with van der Waals surface area (Å²) in [5, 5.41) is 9.28. The number of rotatable bonds is 4. The van der Waals surface area contributed by atoms with Crippen molar-refractivity contribution in [3.05, 3.63) is 39.3 Å². The Balaban J connectivity index is 2.00. The third-order valence-electron chi connectivity index (χ3n) is 2.55. The van der Waals surface area contributed by atoms with Gasteiger partial charge in [-0.25, -0.2) is 4.98 Å². The van der Waals surface area contributed by atoms with Crippen LogP contribution in [0.1, 0.15) is 12.6 Å². The van der Waals surface area contributed by atoms with Crippen LogP contribution in [0, 0.1) is 6.92 Å². The predicted molar refractivity (Wildman–Crippen MR) is 85.0 cm³/mol. The number of hydrogen-bond donors (Lipinski definition) is 2. The van der Waals surface area contributed by atoms with Gasteiger partial charge in [0, 0.05) is 10.4 Å². The lowest BCUT2D eigenvalue weighted by Crippen LogP contribution is -2.31. The van der Waals surface area contributed by atoms with Gasteiger partial charge in [-0.15, -0.1) is 11.3 Å². The SMILES string of the molecule is Cc1csc(NC(=O)[C@@H](C)Nc2ccc(Cl)cc2Cl)n1. The highest BCUT2D eigenvalue weighted by atomic mass is 35.5. The number of hydrogen-bond acceptors (Lipinski definition) is 4. The lowest BCUT2D eigenvalue weighted by molar-refractivity contribution is -0.116. The Hall–Kier alpha value is -1.30. The summed E-state index contributed by atoms with van der Waals surface area (Å²) < 4.78 is 0. The van der Waals surface area contributed by atoms with Crippen molar-refractivity contribution in [2.75, 3.05) is 10.6 Å². The van der Waals surface area contributed by atoms with E-state index < -0.39 is 6.04 Å². The molecule has 1 aromatic carbocycles. The molecule has 2 rings (SSSR count). The molecule has 106 valence electrons. The molecule has 1 amide bonds. The number of thiazole rings is 1. The van der Waals surface area contributed by atoms with Crippen LogP contribution in [0.2, 0.25) is 10.0 Å². The molecule has 0 aliphatic rings. The van der Waals surface area contributed by atoms with Crippen LogP contribution in [0.3, 0.4) is 0 Å². The molecule has 0 saturated heterocycles. The maximum absolute atomic E-state index is 12.0. The molecule has 1 heterocycles. The van der Waals surface area contributed by atoms with Crippen LogP contribution in [-0.2, 0) is 4.79 Å². The number of nitrogens with zero attached hydrogens (tertiary/aromatic N) is 1. The van der Waals surface area contributed by atoms with Crippen molar-refractivity contribution in [2.45, 2.75) is 19.9 Å². The van der Waals surface area contributed by atoms with E-state index in [0.29, 0.717) is 20.9 Å². The fourth-order valence-electron chi connectivity index (χ4n) is 1.53. The van der Waals surface area contributed by atoms with Crippen LogP contribution in [0.25, 0.3) is 0 Å². The fraction of sp³-hybridized carbons (Fsp3) is 0.231. The Morgan fingerprint density at radius 2 is 2.15 bits per heavy atom. The standard InChI is InChI=1S/C13H13Cl2N3OS/c1-7-6-20-13(16-7)18-12(19)8(2)17-11-4-3-9(14)5-10(11)15/h3-6,8,17H,1-2H3,(H,16,18,19)/t8-/m1/s1. The van der Waals surface area contributed by atoms with Gasteiger partial charge in [-0.2, -0.15) is 0 Å². The highest BCUT2D eigenvalue weighted by molar-refractivity contribution is 7.13. The number of halogens is 2. The molecule has 0 bridgehead atoms. The molecule has 0 saturated carbocycles. The number of carbonyl (C=O) groups is 1. The molecule has 0 spiro atoms. The molecule has 20 heavy (non-hydrogen) atoms. The molecule has 7 heteroatoms. The number of nitrogens with one attached hydrogen (secondary N) is 2. The summed E-state index contributed by atoms with van der Waals surface area (Å²) >= 11 is 13.3. The zero-order valence-electron chi connectivity index (χ0n) is 10.9. The van der Waals surface area contributed by atoms with Gasteiger partial charge in [0.05, 0.1) is 16.4 Å². The van der Waals surface area contributed by atoms with Crippen molar-refractivity contribution in [1.82, 2.24) is 4.98 Å². The number of anilines is 2. The number of benzene rings is 1. The normalized spacial score (nSPS) is 12.0. The molecule has 2 aromatic rings. The maximum Gasteiger partial charge on any atom is 0.248 e. The van der Waals surface area contributed by atoms with Gasteiger partial charge in [-0.05, 0) is 32.0 Å². The molecule has 0 aliphatic carbocycles. The Morgan fingerprint density at radius 1 is 1.40 bits per heavy atom. The van der Waals surface area contributed by atoms with E-state index >= 15 is 0 Å². The van der Waals surface area contributed by atoms with Gasteiger partial charge in [-0.3, -0.25) is 4.79 Å². The molecule has 0 fully saturated rings. The first kappa shape index (κ1) is 15.1. The molecule has 0 unspecified atom stereocenters. The van der Waals surface area contributed by atoms with E-state index in [9.17, 15) is 4.79 Å². The van der Waals surface area contributed by atoms with Gasteiger partial charge < -0.3 is 10.6 Å². The maximum atomic E-state index is 12.0. The number of aryl methyl sites for hydroxylation is 1. The van der Waals surface area contributed by atoms with Crippen LogP contribution in [0.4, 0.5) is 10.8 Å². The van der Waals surface area contributed by atoms with Gasteiger partial charge in [-0.1, -0.05) is 23.2 Å². The minimum Gasteiger partial charge on any atom is -0.373 e. The van der Waals surface area contributed by atoms with Crippen LogP contribution in [-0.4, -0.2) is 16.9 Å². The monoisotopic (exact) mass is 329 g/mol. The molecule has 0 radical (unpaired) electrons. The molecule has 1 aromatic heterocycles. The van der Waals surface area contributed by atoms with Crippen LogP contribution in [0.5, 0.6) is 0 Å². The topological polar surface area (TPSA) is 54.0 Å². The summed E-state index contributed by atoms with van der Waals surface area (Å²) in [5.41, 5.74) is 1.54. The van der Waals surface area contributed by atoms with Crippen molar-refractivity contribution in [1.29, 1.82) is 0 Å².